The summed E-state index contributed by atoms with van der Waals surface area (Å²) in [7, 11) is 0. The summed E-state index contributed by atoms with van der Waals surface area (Å²) in [6, 6.07) is 78.2. The fraction of sp³-hybridized carbons (Fsp3) is 0.0172. The van der Waals surface area contributed by atoms with E-state index >= 15 is 0 Å². The van der Waals surface area contributed by atoms with Crippen LogP contribution in [0.1, 0.15) is 27.8 Å². The lowest BCUT2D eigenvalue weighted by Gasteiger charge is -2.40. The first-order valence-corrected chi connectivity index (χ1v) is 21.7. The Morgan fingerprint density at radius 1 is 0.371 bits per heavy atom. The fourth-order valence-corrected chi connectivity index (χ4v) is 11.0. The molecule has 2 heterocycles. The first kappa shape index (κ1) is 36.0. The monoisotopic (exact) mass is 805 g/mol. The van der Waals surface area contributed by atoms with Gasteiger partial charge in [-0.2, -0.15) is 5.26 Å². The molecule has 0 amide bonds. The van der Waals surface area contributed by atoms with Gasteiger partial charge in [-0.15, -0.1) is 0 Å². The molecule has 288 valence electrons. The molecule has 0 saturated heterocycles. The first-order valence-electron chi connectivity index (χ1n) is 20.9. The zero-order valence-corrected chi connectivity index (χ0v) is 34.3. The quantitative estimate of drug-likeness (QED) is 0.174. The summed E-state index contributed by atoms with van der Waals surface area (Å²) in [5, 5.41) is 11.8. The van der Waals surface area contributed by atoms with Crippen LogP contribution in [0.2, 0.25) is 0 Å². The molecule has 62 heavy (non-hydrogen) atoms. The van der Waals surface area contributed by atoms with Crippen LogP contribution in [0.3, 0.4) is 0 Å². The molecular weight excluding hydrogens is 771 g/mol. The highest BCUT2D eigenvalue weighted by atomic mass is 32.2. The third-order valence-electron chi connectivity index (χ3n) is 12.6. The van der Waals surface area contributed by atoms with Crippen molar-refractivity contribution in [3.05, 3.63) is 240 Å². The lowest BCUT2D eigenvalue weighted by atomic mass is 9.67. The Balaban J connectivity index is 1.09. The van der Waals surface area contributed by atoms with Gasteiger partial charge >= 0.3 is 0 Å². The van der Waals surface area contributed by atoms with Gasteiger partial charge in [-0.25, -0.2) is 9.97 Å². The largest absolute Gasteiger partial charge is 0.228 e. The molecule has 9 aromatic carbocycles. The zero-order chi connectivity index (χ0) is 41.2. The van der Waals surface area contributed by atoms with E-state index in [0.29, 0.717) is 11.4 Å². The number of nitrogens with zero attached hydrogens (tertiary/aromatic N) is 3. The van der Waals surface area contributed by atoms with E-state index in [1.807, 2.05) is 60.3 Å². The van der Waals surface area contributed by atoms with Crippen LogP contribution >= 0.6 is 11.8 Å². The van der Waals surface area contributed by atoms with Crippen LogP contribution in [0.5, 0.6) is 0 Å². The number of aromatic nitrogens is 2. The van der Waals surface area contributed by atoms with Crippen LogP contribution in [0, 0.1) is 11.3 Å². The van der Waals surface area contributed by atoms with E-state index in [1.54, 1.807) is 0 Å². The van der Waals surface area contributed by atoms with Crippen LogP contribution in [-0.4, -0.2) is 9.97 Å². The second-order valence-corrected chi connectivity index (χ2v) is 17.0. The minimum absolute atomic E-state index is 0.592. The topological polar surface area (TPSA) is 49.6 Å². The Morgan fingerprint density at radius 3 is 1.45 bits per heavy atom. The van der Waals surface area contributed by atoms with Gasteiger partial charge in [-0.05, 0) is 109 Å². The van der Waals surface area contributed by atoms with E-state index < -0.39 is 5.41 Å². The van der Waals surface area contributed by atoms with Crippen molar-refractivity contribution in [2.45, 2.75) is 15.2 Å². The molecule has 12 rings (SSSR count). The van der Waals surface area contributed by atoms with Gasteiger partial charge in [-0.1, -0.05) is 182 Å². The molecule has 0 atom stereocenters. The molecule has 3 nitrogen and oxygen atoms in total. The predicted molar refractivity (Wildman–Crippen MR) is 253 cm³/mol. The van der Waals surface area contributed by atoms with Gasteiger partial charge in [0, 0.05) is 26.5 Å². The molecule has 0 fully saturated rings. The van der Waals surface area contributed by atoms with Crippen molar-refractivity contribution in [1.29, 1.82) is 5.26 Å². The molecule has 1 aromatic heterocycles. The molecule has 0 bridgehead atoms. The van der Waals surface area contributed by atoms with Gasteiger partial charge in [-0.3, -0.25) is 0 Å². The van der Waals surface area contributed by atoms with Crippen molar-refractivity contribution in [1.82, 2.24) is 9.97 Å². The number of nitriles is 1. The van der Waals surface area contributed by atoms with E-state index in [-0.39, 0.29) is 0 Å². The Bertz CT molecular complexity index is 3340. The van der Waals surface area contributed by atoms with Crippen molar-refractivity contribution in [3.63, 3.8) is 0 Å². The van der Waals surface area contributed by atoms with Crippen molar-refractivity contribution >= 4 is 22.5 Å². The van der Waals surface area contributed by atoms with E-state index in [4.69, 9.17) is 9.97 Å². The van der Waals surface area contributed by atoms with Gasteiger partial charge in [0.15, 0.2) is 5.82 Å². The molecule has 0 unspecified atom stereocenters. The van der Waals surface area contributed by atoms with Crippen LogP contribution in [0.25, 0.3) is 78.1 Å². The van der Waals surface area contributed by atoms with E-state index in [2.05, 4.69) is 170 Å². The van der Waals surface area contributed by atoms with Crippen LogP contribution in [-0.2, 0) is 5.41 Å². The summed E-state index contributed by atoms with van der Waals surface area (Å²) in [6.07, 6.45) is 0. The minimum Gasteiger partial charge on any atom is -0.228 e. The van der Waals surface area contributed by atoms with E-state index in [1.165, 1.54) is 65.1 Å². The SMILES string of the molecule is N#Cc1ccc(-c2ccc(-c3ccc4c(c3)C3(c5ccccc5Sc5ccccc53)c3cc(-c5cc(-c6ccccc6)nc(-c6ccccc6)n5)ccc3-4)c3ccccc23)cc1. The number of rotatable bonds is 5. The first-order chi connectivity index (χ1) is 30.7. The molecule has 10 aromatic rings. The maximum atomic E-state index is 9.47. The Labute approximate surface area is 364 Å². The molecule has 4 heteroatoms. The maximum absolute atomic E-state index is 9.47. The highest BCUT2D eigenvalue weighted by Gasteiger charge is 2.50. The summed E-state index contributed by atoms with van der Waals surface area (Å²) in [6.45, 7) is 0. The van der Waals surface area contributed by atoms with Crippen molar-refractivity contribution < 1.29 is 0 Å². The van der Waals surface area contributed by atoms with Gasteiger partial charge < -0.3 is 0 Å². The highest BCUT2D eigenvalue weighted by molar-refractivity contribution is 7.99. The number of benzene rings is 9. The average Bonchev–Trinajstić information content (AvgIpc) is 3.63. The van der Waals surface area contributed by atoms with Gasteiger partial charge in [0.2, 0.25) is 0 Å². The molecule has 0 radical (unpaired) electrons. The highest BCUT2D eigenvalue weighted by Crippen LogP contribution is 2.63. The lowest BCUT2D eigenvalue weighted by Crippen LogP contribution is -2.32. The summed E-state index contributed by atoms with van der Waals surface area (Å²) in [4.78, 5) is 12.9. The molecule has 1 aliphatic heterocycles. The van der Waals surface area contributed by atoms with Gasteiger partial charge in [0.1, 0.15) is 0 Å². The van der Waals surface area contributed by atoms with Crippen LogP contribution in [0.4, 0.5) is 0 Å². The summed E-state index contributed by atoms with van der Waals surface area (Å²) in [5.74, 6) is 0.701. The summed E-state index contributed by atoms with van der Waals surface area (Å²) in [5.41, 5.74) is 17.1. The van der Waals surface area contributed by atoms with Crippen LogP contribution in [0.15, 0.2) is 222 Å². The average molecular weight is 806 g/mol. The minimum atomic E-state index is -0.592. The van der Waals surface area contributed by atoms with Crippen molar-refractivity contribution in [2.24, 2.45) is 0 Å². The summed E-state index contributed by atoms with van der Waals surface area (Å²) >= 11 is 1.86. The molecular formula is C58H35N3S. The smallest absolute Gasteiger partial charge is 0.160 e. The van der Waals surface area contributed by atoms with Gasteiger partial charge in [0.05, 0.1) is 28.4 Å². The Kier molecular flexibility index (Phi) is 8.38. The van der Waals surface area contributed by atoms with Crippen molar-refractivity contribution in [3.8, 4) is 73.4 Å². The van der Waals surface area contributed by atoms with E-state index in [0.717, 1.165) is 39.2 Å². The number of hydrogen-bond donors (Lipinski definition) is 0. The Hall–Kier alpha value is -7.84. The molecule has 0 N–H and O–H groups in total. The van der Waals surface area contributed by atoms with Gasteiger partial charge in [0.25, 0.3) is 0 Å². The third kappa shape index (κ3) is 5.60. The number of hydrogen-bond acceptors (Lipinski definition) is 4. The molecule has 2 aliphatic rings. The molecule has 1 spiro atoms. The van der Waals surface area contributed by atoms with Crippen molar-refractivity contribution in [2.75, 3.05) is 0 Å². The maximum Gasteiger partial charge on any atom is 0.160 e. The third-order valence-corrected chi connectivity index (χ3v) is 13.8. The lowest BCUT2D eigenvalue weighted by molar-refractivity contribution is 0.723. The summed E-state index contributed by atoms with van der Waals surface area (Å²) < 4.78 is 0. The standard InChI is InChI=1S/C58H35N3S/c59-36-37-23-25-38(26-24-37)43-31-32-44(46-18-8-7-17-45(43)46)41-27-29-47-48-30-28-42(54-35-53(39-13-3-1-4-14-39)60-57(61-54)40-15-5-2-6-16-40)34-52(48)58(51(47)33-41)49-19-9-11-21-55(49)62-56-22-12-10-20-50(56)58/h1-35H. The predicted octanol–water partition coefficient (Wildman–Crippen LogP) is 14.7. The second-order valence-electron chi connectivity index (χ2n) is 16.0. The normalized spacial score (nSPS) is 12.9. The second kappa shape index (κ2) is 14.4. The number of fused-ring (bicyclic) bond motifs is 10. The Morgan fingerprint density at radius 2 is 0.839 bits per heavy atom. The van der Waals surface area contributed by atoms with E-state index in [9.17, 15) is 5.26 Å². The molecule has 0 saturated carbocycles. The molecule has 1 aliphatic carbocycles. The zero-order valence-electron chi connectivity index (χ0n) is 33.5. The fourth-order valence-electron chi connectivity index (χ4n) is 9.82. The van der Waals surface area contributed by atoms with Crippen LogP contribution < -0.4 is 0 Å².